The molecular formula is C18H19N3O4. The maximum absolute atomic E-state index is 12.6. The Balaban J connectivity index is 2.33. The monoisotopic (exact) mass is 341 g/mol. The Morgan fingerprint density at radius 3 is 2.56 bits per heavy atom. The highest BCUT2D eigenvalue weighted by Gasteiger charge is 2.36. The Bertz CT molecular complexity index is 809. The number of allylic oxidation sites excluding steroid dienone is 1. The van der Waals surface area contributed by atoms with Crippen LogP contribution in [-0.4, -0.2) is 24.5 Å². The zero-order valence-corrected chi connectivity index (χ0v) is 14.0. The predicted molar refractivity (Wildman–Crippen MR) is 96.0 cm³/mol. The third-order valence-corrected chi connectivity index (χ3v) is 3.50. The maximum Gasteiger partial charge on any atom is 0.411 e. The van der Waals surface area contributed by atoms with Gasteiger partial charge in [0.05, 0.1) is 34.8 Å². The van der Waals surface area contributed by atoms with Crippen molar-refractivity contribution in [2.45, 2.75) is 13.8 Å². The second-order valence-electron chi connectivity index (χ2n) is 5.09. The summed E-state index contributed by atoms with van der Waals surface area (Å²) in [6.45, 7) is 7.25. The van der Waals surface area contributed by atoms with Crippen LogP contribution < -0.4 is 16.0 Å². The molecule has 2 rings (SSSR count). The topological polar surface area (TPSA) is 102 Å². The van der Waals surface area contributed by atoms with Gasteiger partial charge >= 0.3 is 6.09 Å². The summed E-state index contributed by atoms with van der Waals surface area (Å²) in [6.07, 6.45) is 3.96. The maximum atomic E-state index is 12.6. The van der Waals surface area contributed by atoms with Crippen LogP contribution >= 0.6 is 0 Å². The normalized spacial score (nSPS) is 14.4. The first kappa shape index (κ1) is 18.0. The molecule has 0 unspecified atom stereocenters. The van der Waals surface area contributed by atoms with Gasteiger partial charge in [-0.2, -0.15) is 0 Å². The van der Waals surface area contributed by atoms with E-state index in [1.165, 1.54) is 24.3 Å². The van der Waals surface area contributed by atoms with Gasteiger partial charge in [0, 0.05) is 0 Å². The van der Waals surface area contributed by atoms with E-state index >= 15 is 0 Å². The van der Waals surface area contributed by atoms with Crippen molar-refractivity contribution in [2.24, 2.45) is 0 Å². The molecule has 1 aromatic rings. The van der Waals surface area contributed by atoms with E-state index in [2.05, 4.69) is 11.9 Å². The lowest BCUT2D eigenvalue weighted by molar-refractivity contribution is -0.120. The van der Waals surface area contributed by atoms with Crippen molar-refractivity contribution in [1.82, 2.24) is 0 Å². The number of amides is 3. The van der Waals surface area contributed by atoms with E-state index in [9.17, 15) is 14.4 Å². The Labute approximate surface area is 145 Å². The van der Waals surface area contributed by atoms with E-state index in [0.717, 1.165) is 4.90 Å². The molecule has 0 aliphatic carbocycles. The lowest BCUT2D eigenvalue weighted by Crippen LogP contribution is -2.31. The number of carbonyl (C=O) groups excluding carboxylic acids is 3. The number of ether oxygens (including phenoxy) is 1. The molecule has 1 aliphatic rings. The number of carbonyl (C=O) groups is 3. The van der Waals surface area contributed by atoms with E-state index in [0.29, 0.717) is 11.4 Å². The summed E-state index contributed by atoms with van der Waals surface area (Å²) < 4.78 is 4.78. The third kappa shape index (κ3) is 3.45. The Hall–Kier alpha value is -3.35. The molecule has 0 aromatic heterocycles. The first-order valence-corrected chi connectivity index (χ1v) is 7.66. The van der Waals surface area contributed by atoms with Crippen LogP contribution in [0.1, 0.15) is 13.8 Å². The average Bonchev–Trinajstić information content (AvgIpc) is 2.80. The van der Waals surface area contributed by atoms with Crippen molar-refractivity contribution in [3.8, 4) is 0 Å². The van der Waals surface area contributed by atoms with Crippen molar-refractivity contribution >= 4 is 35.0 Å². The molecule has 1 aliphatic heterocycles. The number of nitrogens with one attached hydrogen (secondary N) is 1. The minimum atomic E-state index is -0.638. The summed E-state index contributed by atoms with van der Waals surface area (Å²) in [7, 11) is 0. The second-order valence-corrected chi connectivity index (χ2v) is 5.09. The number of rotatable bonds is 5. The molecule has 0 saturated heterocycles. The van der Waals surface area contributed by atoms with Crippen LogP contribution in [0, 0.1) is 0 Å². The fraction of sp³-hybridized carbons (Fsp3) is 0.167. The van der Waals surface area contributed by atoms with Crippen LogP contribution in [0.2, 0.25) is 0 Å². The molecule has 130 valence electrons. The molecule has 0 fully saturated rings. The Morgan fingerprint density at radius 2 is 2.00 bits per heavy atom. The number of hydrogen-bond donors (Lipinski definition) is 2. The number of anilines is 3. The van der Waals surface area contributed by atoms with E-state index in [1.54, 1.807) is 26.0 Å². The van der Waals surface area contributed by atoms with Gasteiger partial charge in [-0.05, 0) is 32.0 Å². The number of hydrogen-bond acceptors (Lipinski definition) is 5. The highest BCUT2D eigenvalue weighted by molar-refractivity contribution is 6.34. The summed E-state index contributed by atoms with van der Waals surface area (Å²) in [5.41, 5.74) is 7.25. The summed E-state index contributed by atoms with van der Waals surface area (Å²) in [6, 6.07) is 4.47. The van der Waals surface area contributed by atoms with Gasteiger partial charge in [0.25, 0.3) is 11.8 Å². The highest BCUT2D eigenvalue weighted by Crippen LogP contribution is 2.32. The lowest BCUT2D eigenvalue weighted by atomic mass is 10.1. The molecular weight excluding hydrogens is 322 g/mol. The summed E-state index contributed by atoms with van der Waals surface area (Å²) in [5, 5.41) is 2.49. The van der Waals surface area contributed by atoms with Crippen LogP contribution in [-0.2, 0) is 14.3 Å². The van der Waals surface area contributed by atoms with Crippen LogP contribution in [0.5, 0.6) is 0 Å². The van der Waals surface area contributed by atoms with Gasteiger partial charge in [0.15, 0.2) is 0 Å². The number of benzene rings is 1. The number of nitrogen functional groups attached to an aromatic ring is 1. The molecule has 1 heterocycles. The number of nitrogens with two attached hydrogens (primary N) is 1. The summed E-state index contributed by atoms with van der Waals surface area (Å²) in [5.74, 6) is -0.929. The van der Waals surface area contributed by atoms with Crippen molar-refractivity contribution in [2.75, 3.05) is 22.6 Å². The van der Waals surface area contributed by atoms with Crippen LogP contribution in [0.4, 0.5) is 21.9 Å². The fourth-order valence-electron chi connectivity index (χ4n) is 2.40. The minimum absolute atomic E-state index is 0.200. The molecule has 25 heavy (non-hydrogen) atoms. The van der Waals surface area contributed by atoms with Gasteiger partial charge in [0.2, 0.25) is 0 Å². The molecule has 7 nitrogen and oxygen atoms in total. The molecule has 7 heteroatoms. The van der Waals surface area contributed by atoms with E-state index in [-0.39, 0.29) is 23.4 Å². The standard InChI is InChI=1S/C18H19N3O4/c1-4-7-13-12(5-2)16(22)21(17(13)23)11-8-9-15(14(19)10-11)20-18(24)25-6-3/h4-5,7-10H,2,6,19H2,1,3H3,(H,20,24)/b7-4-. The zero-order chi connectivity index (χ0) is 18.6. The molecule has 0 radical (unpaired) electrons. The van der Waals surface area contributed by atoms with Crippen molar-refractivity contribution in [3.05, 3.63) is 54.2 Å². The largest absolute Gasteiger partial charge is 0.450 e. The molecule has 0 atom stereocenters. The fourth-order valence-corrected chi connectivity index (χ4v) is 2.40. The summed E-state index contributed by atoms with van der Waals surface area (Å²) >= 11 is 0. The third-order valence-electron chi connectivity index (χ3n) is 3.50. The molecule has 3 N–H and O–H groups in total. The van der Waals surface area contributed by atoms with E-state index in [1.807, 2.05) is 0 Å². The molecule has 0 spiro atoms. The second kappa shape index (κ2) is 7.48. The van der Waals surface area contributed by atoms with Crippen molar-refractivity contribution < 1.29 is 19.1 Å². The minimum Gasteiger partial charge on any atom is -0.450 e. The SMILES string of the molecule is C=CC1=C(/C=C\C)C(=O)N(c2ccc(NC(=O)OCC)c(N)c2)C1=O. The number of nitrogens with zero attached hydrogens (tertiary/aromatic N) is 1. The predicted octanol–water partition coefficient (Wildman–Crippen LogP) is 2.77. The molecule has 0 bridgehead atoms. The molecule has 3 amide bonds. The highest BCUT2D eigenvalue weighted by atomic mass is 16.5. The van der Waals surface area contributed by atoms with Gasteiger partial charge in [-0.1, -0.05) is 24.8 Å². The van der Waals surface area contributed by atoms with Gasteiger partial charge < -0.3 is 10.5 Å². The first-order chi connectivity index (χ1) is 11.9. The quantitative estimate of drug-likeness (QED) is 0.633. The zero-order valence-electron chi connectivity index (χ0n) is 14.0. The van der Waals surface area contributed by atoms with Crippen LogP contribution in [0.3, 0.4) is 0 Å². The van der Waals surface area contributed by atoms with Crippen LogP contribution in [0.15, 0.2) is 54.2 Å². The van der Waals surface area contributed by atoms with E-state index in [4.69, 9.17) is 10.5 Å². The average molecular weight is 341 g/mol. The smallest absolute Gasteiger partial charge is 0.411 e. The van der Waals surface area contributed by atoms with Crippen LogP contribution in [0.25, 0.3) is 0 Å². The summed E-state index contributed by atoms with van der Waals surface area (Å²) in [4.78, 5) is 37.6. The van der Waals surface area contributed by atoms with Crippen molar-refractivity contribution in [3.63, 3.8) is 0 Å². The van der Waals surface area contributed by atoms with Gasteiger partial charge in [0.1, 0.15) is 0 Å². The Morgan fingerprint density at radius 1 is 1.32 bits per heavy atom. The van der Waals surface area contributed by atoms with Crippen molar-refractivity contribution in [1.29, 1.82) is 0 Å². The van der Waals surface area contributed by atoms with Gasteiger partial charge in [-0.15, -0.1) is 0 Å². The van der Waals surface area contributed by atoms with Gasteiger partial charge in [-0.3, -0.25) is 14.9 Å². The lowest BCUT2D eigenvalue weighted by Gasteiger charge is -2.17. The van der Waals surface area contributed by atoms with E-state index < -0.39 is 17.9 Å². The number of imide groups is 1. The first-order valence-electron chi connectivity index (χ1n) is 7.66. The molecule has 1 aromatic carbocycles. The Kier molecular flexibility index (Phi) is 5.38. The van der Waals surface area contributed by atoms with Gasteiger partial charge in [-0.25, -0.2) is 9.69 Å². The molecule has 0 saturated carbocycles.